The summed E-state index contributed by atoms with van der Waals surface area (Å²) in [7, 11) is 0. The van der Waals surface area contributed by atoms with Gasteiger partial charge in [-0.05, 0) is 19.1 Å². The SMILES string of the molecule is C[C@H](O)CNC(=O)Cc1csc(-c2ccco2)n1. The molecule has 0 aromatic carbocycles. The van der Waals surface area contributed by atoms with Crippen LogP contribution in [0.5, 0.6) is 0 Å². The zero-order chi connectivity index (χ0) is 13.0. The number of rotatable bonds is 5. The minimum absolute atomic E-state index is 0.146. The molecule has 2 rings (SSSR count). The fourth-order valence-electron chi connectivity index (χ4n) is 1.39. The Labute approximate surface area is 108 Å². The standard InChI is InChI=1S/C12H14N2O3S/c1-8(15)6-13-11(16)5-9-7-18-12(14-9)10-3-2-4-17-10/h2-4,7-8,15H,5-6H2,1H3,(H,13,16)/t8-/m0/s1. The highest BCUT2D eigenvalue weighted by atomic mass is 32.1. The zero-order valence-electron chi connectivity index (χ0n) is 9.92. The van der Waals surface area contributed by atoms with Crippen molar-refractivity contribution in [1.82, 2.24) is 10.3 Å². The number of nitrogens with zero attached hydrogens (tertiary/aromatic N) is 1. The summed E-state index contributed by atoms with van der Waals surface area (Å²) in [6, 6.07) is 3.63. The summed E-state index contributed by atoms with van der Waals surface area (Å²) >= 11 is 1.44. The third kappa shape index (κ3) is 3.41. The molecule has 96 valence electrons. The Bertz CT molecular complexity index is 505. The van der Waals surface area contributed by atoms with Crippen molar-refractivity contribution in [2.75, 3.05) is 6.54 Å². The van der Waals surface area contributed by atoms with Crippen LogP contribution in [0, 0.1) is 0 Å². The molecule has 6 heteroatoms. The van der Waals surface area contributed by atoms with Crippen molar-refractivity contribution in [3.63, 3.8) is 0 Å². The summed E-state index contributed by atoms with van der Waals surface area (Å²) in [6.45, 7) is 1.88. The zero-order valence-corrected chi connectivity index (χ0v) is 10.7. The molecule has 2 heterocycles. The smallest absolute Gasteiger partial charge is 0.226 e. The van der Waals surface area contributed by atoms with Gasteiger partial charge in [-0.1, -0.05) is 0 Å². The number of thiazole rings is 1. The maximum atomic E-state index is 11.5. The Morgan fingerprint density at radius 3 is 3.17 bits per heavy atom. The third-order valence-corrected chi connectivity index (χ3v) is 3.13. The van der Waals surface area contributed by atoms with Crippen molar-refractivity contribution in [3.05, 3.63) is 29.5 Å². The van der Waals surface area contributed by atoms with Crippen LogP contribution in [0.2, 0.25) is 0 Å². The summed E-state index contributed by atoms with van der Waals surface area (Å²) in [6.07, 6.45) is 1.26. The lowest BCUT2D eigenvalue weighted by Gasteiger charge is -2.05. The molecule has 1 amide bonds. The lowest BCUT2D eigenvalue weighted by molar-refractivity contribution is -0.120. The van der Waals surface area contributed by atoms with Gasteiger partial charge in [0.1, 0.15) is 0 Å². The van der Waals surface area contributed by atoms with Gasteiger partial charge in [0, 0.05) is 11.9 Å². The summed E-state index contributed by atoms with van der Waals surface area (Å²) in [5.41, 5.74) is 0.703. The van der Waals surface area contributed by atoms with Crippen LogP contribution in [0.1, 0.15) is 12.6 Å². The summed E-state index contributed by atoms with van der Waals surface area (Å²) in [4.78, 5) is 15.9. The molecule has 2 N–H and O–H groups in total. The Hall–Kier alpha value is -1.66. The quantitative estimate of drug-likeness (QED) is 0.858. The predicted octanol–water partition coefficient (Wildman–Crippen LogP) is 1.44. The van der Waals surface area contributed by atoms with Crippen LogP contribution >= 0.6 is 11.3 Å². The molecule has 18 heavy (non-hydrogen) atoms. The van der Waals surface area contributed by atoms with Crippen LogP contribution in [-0.2, 0) is 11.2 Å². The molecule has 0 spiro atoms. The molecule has 0 radical (unpaired) electrons. The molecular formula is C12H14N2O3S. The largest absolute Gasteiger partial charge is 0.462 e. The Balaban J connectivity index is 1.93. The first-order valence-corrected chi connectivity index (χ1v) is 6.46. The minimum Gasteiger partial charge on any atom is -0.462 e. The number of amides is 1. The normalized spacial score (nSPS) is 12.3. The number of hydrogen-bond donors (Lipinski definition) is 2. The van der Waals surface area contributed by atoms with E-state index >= 15 is 0 Å². The molecule has 2 aromatic heterocycles. The van der Waals surface area contributed by atoms with Gasteiger partial charge in [-0.2, -0.15) is 0 Å². The number of aliphatic hydroxyl groups excluding tert-OH is 1. The molecule has 5 nitrogen and oxygen atoms in total. The van der Waals surface area contributed by atoms with Gasteiger partial charge in [0.15, 0.2) is 10.8 Å². The highest BCUT2D eigenvalue weighted by Crippen LogP contribution is 2.23. The van der Waals surface area contributed by atoms with Gasteiger partial charge in [-0.25, -0.2) is 4.98 Å². The Morgan fingerprint density at radius 1 is 1.67 bits per heavy atom. The van der Waals surface area contributed by atoms with E-state index in [9.17, 15) is 4.79 Å². The van der Waals surface area contributed by atoms with Crippen molar-refractivity contribution in [1.29, 1.82) is 0 Å². The molecule has 0 unspecified atom stereocenters. The number of carbonyl (C=O) groups excluding carboxylic acids is 1. The number of furan rings is 1. The van der Waals surface area contributed by atoms with E-state index in [1.54, 1.807) is 19.3 Å². The number of hydrogen-bond acceptors (Lipinski definition) is 5. The fraction of sp³-hybridized carbons (Fsp3) is 0.333. The van der Waals surface area contributed by atoms with E-state index in [-0.39, 0.29) is 18.9 Å². The monoisotopic (exact) mass is 266 g/mol. The van der Waals surface area contributed by atoms with Gasteiger partial charge in [0.25, 0.3) is 0 Å². The average Bonchev–Trinajstić information content (AvgIpc) is 2.95. The first-order valence-electron chi connectivity index (χ1n) is 5.58. The number of nitrogens with one attached hydrogen (secondary N) is 1. The summed E-state index contributed by atoms with van der Waals surface area (Å²) in [5, 5.41) is 14.3. The molecular weight excluding hydrogens is 252 g/mol. The van der Waals surface area contributed by atoms with Gasteiger partial charge in [-0.3, -0.25) is 4.79 Å². The van der Waals surface area contributed by atoms with Crippen LogP contribution in [0.3, 0.4) is 0 Å². The van der Waals surface area contributed by atoms with Gasteiger partial charge in [0.2, 0.25) is 5.91 Å². The molecule has 0 aliphatic rings. The average molecular weight is 266 g/mol. The summed E-state index contributed by atoms with van der Waals surface area (Å²) in [5.74, 6) is 0.558. The van der Waals surface area contributed by atoms with Crippen molar-refractivity contribution in [2.45, 2.75) is 19.4 Å². The molecule has 0 bridgehead atoms. The lowest BCUT2D eigenvalue weighted by atomic mass is 10.3. The van der Waals surface area contributed by atoms with Crippen LogP contribution in [0.25, 0.3) is 10.8 Å². The molecule has 0 saturated carbocycles. The molecule has 2 aromatic rings. The summed E-state index contributed by atoms with van der Waals surface area (Å²) < 4.78 is 5.23. The number of carbonyl (C=O) groups is 1. The highest BCUT2D eigenvalue weighted by Gasteiger charge is 2.10. The Kier molecular flexibility index (Phi) is 4.11. The van der Waals surface area contributed by atoms with Gasteiger partial charge < -0.3 is 14.8 Å². The van der Waals surface area contributed by atoms with E-state index in [1.807, 2.05) is 11.4 Å². The van der Waals surface area contributed by atoms with E-state index in [2.05, 4.69) is 10.3 Å². The first kappa shape index (κ1) is 12.8. The van der Waals surface area contributed by atoms with E-state index < -0.39 is 6.10 Å². The van der Waals surface area contributed by atoms with Crippen molar-refractivity contribution in [2.24, 2.45) is 0 Å². The van der Waals surface area contributed by atoms with E-state index in [4.69, 9.17) is 9.52 Å². The predicted molar refractivity (Wildman–Crippen MR) is 68.2 cm³/mol. The van der Waals surface area contributed by atoms with Crippen LogP contribution < -0.4 is 5.32 Å². The number of aliphatic hydroxyl groups is 1. The molecule has 0 aliphatic carbocycles. The van der Waals surface area contributed by atoms with Crippen molar-refractivity contribution >= 4 is 17.2 Å². The molecule has 0 aliphatic heterocycles. The number of aromatic nitrogens is 1. The van der Waals surface area contributed by atoms with Crippen LogP contribution in [-0.4, -0.2) is 28.6 Å². The van der Waals surface area contributed by atoms with Gasteiger partial charge in [-0.15, -0.1) is 11.3 Å². The topological polar surface area (TPSA) is 75.4 Å². The minimum atomic E-state index is -0.539. The van der Waals surface area contributed by atoms with Crippen molar-refractivity contribution < 1.29 is 14.3 Å². The van der Waals surface area contributed by atoms with E-state index in [1.165, 1.54) is 11.3 Å². The van der Waals surface area contributed by atoms with E-state index in [0.717, 1.165) is 5.01 Å². The maximum absolute atomic E-state index is 11.5. The third-order valence-electron chi connectivity index (χ3n) is 2.22. The Morgan fingerprint density at radius 2 is 2.50 bits per heavy atom. The maximum Gasteiger partial charge on any atom is 0.226 e. The molecule has 0 fully saturated rings. The first-order chi connectivity index (χ1) is 8.65. The fourth-order valence-corrected chi connectivity index (χ4v) is 2.18. The van der Waals surface area contributed by atoms with Crippen LogP contribution in [0.15, 0.2) is 28.2 Å². The lowest BCUT2D eigenvalue weighted by Crippen LogP contribution is -2.31. The second-order valence-electron chi connectivity index (χ2n) is 3.95. The van der Waals surface area contributed by atoms with Crippen LogP contribution in [0.4, 0.5) is 0 Å². The van der Waals surface area contributed by atoms with Gasteiger partial charge in [0.05, 0.1) is 24.5 Å². The van der Waals surface area contributed by atoms with Gasteiger partial charge >= 0.3 is 0 Å². The van der Waals surface area contributed by atoms with E-state index in [0.29, 0.717) is 11.5 Å². The molecule has 1 atom stereocenters. The second kappa shape index (κ2) is 5.79. The second-order valence-corrected chi connectivity index (χ2v) is 4.81. The molecule has 0 saturated heterocycles. The van der Waals surface area contributed by atoms with Crippen molar-refractivity contribution in [3.8, 4) is 10.8 Å². The highest BCUT2D eigenvalue weighted by molar-refractivity contribution is 7.13.